The Morgan fingerprint density at radius 2 is 2.07 bits per heavy atom. The molecule has 0 saturated carbocycles. The first kappa shape index (κ1) is 12.3. The van der Waals surface area contributed by atoms with Gasteiger partial charge in [0.05, 0.1) is 0 Å². The third-order valence-electron chi connectivity index (χ3n) is 2.31. The number of urea groups is 1. The molecule has 4 heteroatoms. The average Bonchev–Trinajstić information content (AvgIpc) is 1.78. The molecule has 14 heavy (non-hydrogen) atoms. The molecule has 0 aliphatic carbocycles. The summed E-state index contributed by atoms with van der Waals surface area (Å²) in [4.78, 5) is 11.2. The summed E-state index contributed by atoms with van der Waals surface area (Å²) in [5, 5.41) is 5.73. The fraction of sp³-hybridized carbons (Fsp3) is 0.800. The van der Waals surface area contributed by atoms with Crippen LogP contribution in [0.25, 0.3) is 0 Å². The van der Waals surface area contributed by atoms with Crippen LogP contribution in [0.2, 0.25) is 0 Å². The predicted octanol–water partition coefficient (Wildman–Crippen LogP) is 2.05. The van der Waals surface area contributed by atoms with E-state index in [0.717, 1.165) is 18.9 Å². The summed E-state index contributed by atoms with van der Waals surface area (Å²) in [5.74, 6) is 0. The Kier molecular flexibility index (Phi) is 3.49. The second kappa shape index (κ2) is 3.99. The topological polar surface area (TPSA) is 41.1 Å². The molecule has 1 radical (unpaired) electrons. The molecule has 0 aromatic rings. The van der Waals surface area contributed by atoms with Gasteiger partial charge >= 0.3 is 0 Å². The molecule has 0 spiro atoms. The molecule has 0 aromatic heterocycles. The summed E-state index contributed by atoms with van der Waals surface area (Å²) in [7, 11) is 0. The summed E-state index contributed by atoms with van der Waals surface area (Å²) in [6.07, 6.45) is 1.99. The maximum absolute atomic E-state index is 11.2. The number of carbonyl (C=O) groups is 1. The first-order valence-electron chi connectivity index (χ1n) is 4.79. The smallest absolute Gasteiger partial charge is 0.285 e. The Bertz CT molecular complexity index is 188. The van der Waals surface area contributed by atoms with Crippen molar-refractivity contribution in [1.82, 2.24) is 10.6 Å². The summed E-state index contributed by atoms with van der Waals surface area (Å²) >= 11 is 0. The first-order valence-corrected chi connectivity index (χ1v) is 4.79. The largest absolute Gasteiger partial charge is 0.485 e. The predicted molar refractivity (Wildman–Crippen MR) is 53.1 cm³/mol. The first-order chi connectivity index (χ1) is 5.89. The number of rotatable bonds is 0. The van der Waals surface area contributed by atoms with Gasteiger partial charge in [-0.25, -0.2) is 6.04 Å². The van der Waals surface area contributed by atoms with Crippen molar-refractivity contribution in [2.45, 2.75) is 46.6 Å². The van der Waals surface area contributed by atoms with E-state index in [1.165, 1.54) is 0 Å². The molecule has 1 saturated heterocycles. The van der Waals surface area contributed by atoms with Crippen LogP contribution in [0, 0.1) is 11.5 Å². The molecular formula is C10H19LrN2O-. The van der Waals surface area contributed by atoms with E-state index in [9.17, 15) is 4.79 Å². The Morgan fingerprint density at radius 1 is 1.50 bits per heavy atom. The quantitative estimate of drug-likeness (QED) is 0.551. The van der Waals surface area contributed by atoms with Gasteiger partial charge in [0.2, 0.25) is 0 Å². The molecule has 2 N–H and O–H groups in total. The van der Waals surface area contributed by atoms with Crippen molar-refractivity contribution >= 4 is 6.03 Å². The second-order valence-electron chi connectivity index (χ2n) is 4.82. The van der Waals surface area contributed by atoms with Crippen LogP contribution in [-0.4, -0.2) is 12.1 Å². The van der Waals surface area contributed by atoms with Crippen molar-refractivity contribution < 1.29 is 4.79 Å². The van der Waals surface area contributed by atoms with E-state index in [0.29, 0.717) is 0 Å². The Balaban J connectivity index is 0.00000169. The van der Waals surface area contributed by atoms with Crippen molar-refractivity contribution in [2.75, 3.05) is 0 Å². The van der Waals surface area contributed by atoms with Crippen LogP contribution in [0.5, 0.6) is 0 Å². The number of hydrogen-bond acceptors (Lipinski definition) is 1. The number of hydrogen-bond donors (Lipinski definition) is 2. The molecule has 1 unspecified atom stereocenters. The second-order valence-corrected chi connectivity index (χ2v) is 4.82. The summed E-state index contributed by atoms with van der Waals surface area (Å²) in [6, 6.07) is 1.23. The van der Waals surface area contributed by atoms with Gasteiger partial charge in [-0.15, -0.1) is 0 Å². The van der Waals surface area contributed by atoms with E-state index in [1.54, 1.807) is 0 Å². The number of amides is 2. The van der Waals surface area contributed by atoms with Crippen molar-refractivity contribution in [3.63, 3.8) is 0 Å². The van der Waals surface area contributed by atoms with Crippen LogP contribution in [0.3, 0.4) is 0 Å². The van der Waals surface area contributed by atoms with Gasteiger partial charge < -0.3 is 10.6 Å². The number of carbonyl (C=O) groups excluding carboxylic acids is 1. The Hall–Kier alpha value is -1.73. The van der Waals surface area contributed by atoms with Gasteiger partial charge in [-0.1, -0.05) is 19.3 Å². The monoisotopic (exact) mass is 445 g/mol. The van der Waals surface area contributed by atoms with E-state index in [2.05, 4.69) is 24.5 Å². The molecule has 3 nitrogen and oxygen atoms in total. The normalized spacial score (nSPS) is 27.7. The van der Waals surface area contributed by atoms with Crippen molar-refractivity contribution in [2.24, 2.45) is 5.41 Å². The van der Waals surface area contributed by atoms with Gasteiger partial charge in [0.25, 0.3) is 6.03 Å². The van der Waals surface area contributed by atoms with Crippen LogP contribution in [0.15, 0.2) is 0 Å². The minimum atomic E-state index is -0.0690. The van der Waals surface area contributed by atoms with Crippen molar-refractivity contribution in [3.8, 4) is 0 Å². The molecule has 1 heterocycles. The molecule has 1 fully saturated rings. The van der Waals surface area contributed by atoms with E-state index < -0.39 is 0 Å². The van der Waals surface area contributed by atoms with Gasteiger partial charge in [-0.2, -0.15) is 13.3 Å². The molecule has 2 amide bonds. The van der Waals surface area contributed by atoms with Gasteiger partial charge in [-0.3, -0.25) is 4.79 Å². The third kappa shape index (κ3) is 3.33. The Morgan fingerprint density at radius 3 is 2.64 bits per heavy atom. The van der Waals surface area contributed by atoms with E-state index in [1.807, 2.05) is 13.8 Å². The molecule has 1 aliphatic rings. The van der Waals surface area contributed by atoms with Gasteiger partial charge in [0.1, 0.15) is 0 Å². The van der Waals surface area contributed by atoms with Crippen LogP contribution in [-0.2, 0) is 0 Å². The summed E-state index contributed by atoms with van der Waals surface area (Å²) < 4.78 is 0. The minimum absolute atomic E-state index is 0. The maximum atomic E-state index is 11.2. The molecule has 1 aliphatic heterocycles. The molecular weight excluding hydrogens is 426 g/mol. The fourth-order valence-corrected chi connectivity index (χ4v) is 2.17. The molecule has 91 valence electrons. The minimum Gasteiger partial charge on any atom is -0.485 e. The number of nitrogens with one attached hydrogen (secondary N) is 2. The Labute approximate surface area is 80.3 Å². The van der Waals surface area contributed by atoms with Crippen LogP contribution in [0.1, 0.15) is 40.5 Å². The van der Waals surface area contributed by atoms with E-state index in [-0.39, 0.29) is 17.5 Å². The van der Waals surface area contributed by atoms with Crippen LogP contribution >= 0.6 is 0 Å². The van der Waals surface area contributed by atoms with Crippen LogP contribution < -0.4 is 10.6 Å². The van der Waals surface area contributed by atoms with Crippen molar-refractivity contribution in [1.29, 1.82) is 0 Å². The SMILES string of the molecule is C[C-]1CC(C)(C)CC(C)NC(=O)N1.[Lr]. The zero-order valence-electron chi connectivity index (χ0n) is 9.16. The third-order valence-corrected chi connectivity index (χ3v) is 2.31. The van der Waals surface area contributed by atoms with Gasteiger partial charge in [-0.05, 0) is 13.3 Å². The van der Waals surface area contributed by atoms with E-state index >= 15 is 0 Å². The standard InChI is InChI=1S/C10H19N2O.Lr/c1-7-5-10(3,4)6-8(2)12-9(13)11-7;/h7H,5-6H2,1-4H3,(H2,11,12,13);/q-1;. The molecule has 1 rings (SSSR count). The maximum Gasteiger partial charge on any atom is 0.285 e. The molecule has 0 aromatic carbocycles. The van der Waals surface area contributed by atoms with E-state index in [4.69, 9.17) is 0 Å². The zero-order chi connectivity index (χ0) is 10.1. The van der Waals surface area contributed by atoms with Crippen LogP contribution in [0.4, 0.5) is 4.79 Å². The fourth-order valence-electron chi connectivity index (χ4n) is 2.17. The zero-order valence-corrected chi connectivity index (χ0v) is 11.3. The molecule has 1 atom stereocenters. The van der Waals surface area contributed by atoms with Gasteiger partial charge in [0.15, 0.2) is 0 Å². The summed E-state index contributed by atoms with van der Waals surface area (Å²) in [6.45, 7) is 8.47. The summed E-state index contributed by atoms with van der Waals surface area (Å²) in [5.41, 5.74) is 0.268. The molecule has 0 bridgehead atoms. The van der Waals surface area contributed by atoms with Crippen molar-refractivity contribution in [3.05, 3.63) is 6.04 Å². The average molecular weight is 445 g/mol. The van der Waals surface area contributed by atoms with Gasteiger partial charge in [0, 0.05) is 6.04 Å².